The number of imide groups is 1. The molecule has 1 fully saturated rings. The lowest BCUT2D eigenvalue weighted by Gasteiger charge is -2.24. The first kappa shape index (κ1) is 22.0. The maximum Gasteiger partial charge on any atom is 0.266 e. The van der Waals surface area contributed by atoms with Crippen molar-refractivity contribution < 1.29 is 14.4 Å². The lowest BCUT2D eigenvalue weighted by molar-refractivity contribution is 0.0736. The number of hydrogen-bond acceptors (Lipinski definition) is 4. The van der Waals surface area contributed by atoms with Gasteiger partial charge in [-0.2, -0.15) is 0 Å². The number of carbonyl (C=O) groups is 3. The first-order valence-corrected chi connectivity index (χ1v) is 9.98. The third-order valence-corrected chi connectivity index (χ3v) is 5.82. The second kappa shape index (κ2) is 8.58. The van der Waals surface area contributed by atoms with Crippen LogP contribution in [0.1, 0.15) is 55.0 Å². The van der Waals surface area contributed by atoms with Crippen LogP contribution >= 0.6 is 12.4 Å². The van der Waals surface area contributed by atoms with E-state index in [0.29, 0.717) is 28.9 Å². The van der Waals surface area contributed by atoms with Crippen molar-refractivity contribution in [2.24, 2.45) is 0 Å². The molecule has 0 bridgehead atoms. The molecule has 0 saturated carbocycles. The summed E-state index contributed by atoms with van der Waals surface area (Å²) >= 11 is 0. The summed E-state index contributed by atoms with van der Waals surface area (Å²) in [4.78, 5) is 42.2. The van der Waals surface area contributed by atoms with Crippen LogP contribution in [0.25, 0.3) is 0 Å². The molecule has 3 amide bonds. The number of benzene rings is 2. The largest absolute Gasteiger partial charge is 0.334 e. The van der Waals surface area contributed by atoms with E-state index in [1.54, 1.807) is 18.2 Å². The van der Waals surface area contributed by atoms with E-state index in [9.17, 15) is 14.4 Å². The molecular formula is C23H26ClN3O3. The molecule has 6 nitrogen and oxygen atoms in total. The van der Waals surface area contributed by atoms with Crippen molar-refractivity contribution in [3.8, 4) is 0 Å². The SMILES string of the molecule is CNCC1CCCN1C(=O)c1ccc2c(c1)C(=O)N(c1cc(C)ccc1C)C2=O.Cl. The minimum atomic E-state index is -0.374. The maximum absolute atomic E-state index is 13.1. The Labute approximate surface area is 182 Å². The Bertz CT molecular complexity index is 1020. The smallest absolute Gasteiger partial charge is 0.266 e. The number of carbonyl (C=O) groups excluding carboxylic acids is 3. The highest BCUT2D eigenvalue weighted by atomic mass is 35.5. The van der Waals surface area contributed by atoms with Crippen LogP contribution in [0, 0.1) is 13.8 Å². The zero-order valence-electron chi connectivity index (χ0n) is 17.4. The number of fused-ring (bicyclic) bond motifs is 1. The van der Waals surface area contributed by atoms with Gasteiger partial charge in [-0.1, -0.05) is 12.1 Å². The molecule has 0 aromatic heterocycles. The van der Waals surface area contributed by atoms with Crippen LogP contribution in [0.2, 0.25) is 0 Å². The third kappa shape index (κ3) is 3.61. The third-order valence-electron chi connectivity index (χ3n) is 5.82. The molecule has 1 saturated heterocycles. The molecule has 0 aliphatic carbocycles. The molecule has 2 heterocycles. The standard InChI is InChI=1S/C23H25N3O3.ClH/c1-14-6-7-15(2)20(11-14)26-22(28)18-9-8-16(12-19(18)23(26)29)21(27)25-10-4-5-17(25)13-24-3;/h6-9,11-12,17,24H,4-5,10,13H2,1-3H3;1H. The highest BCUT2D eigenvalue weighted by Gasteiger charge is 2.38. The van der Waals surface area contributed by atoms with E-state index in [1.165, 1.54) is 4.90 Å². The second-order valence-corrected chi connectivity index (χ2v) is 7.85. The fraction of sp³-hybridized carbons (Fsp3) is 0.348. The number of anilines is 1. The van der Waals surface area contributed by atoms with Crippen LogP contribution < -0.4 is 10.2 Å². The van der Waals surface area contributed by atoms with Crippen LogP contribution in [0.3, 0.4) is 0 Å². The van der Waals surface area contributed by atoms with Gasteiger partial charge < -0.3 is 10.2 Å². The number of halogens is 1. The first-order valence-electron chi connectivity index (χ1n) is 9.98. The first-order chi connectivity index (χ1) is 13.9. The highest BCUT2D eigenvalue weighted by molar-refractivity contribution is 6.35. The van der Waals surface area contributed by atoms with E-state index < -0.39 is 0 Å². The van der Waals surface area contributed by atoms with Gasteiger partial charge in [0.25, 0.3) is 17.7 Å². The molecule has 2 aromatic rings. The number of likely N-dealkylation sites (tertiary alicyclic amines) is 1. The molecule has 2 aliphatic heterocycles. The van der Waals surface area contributed by atoms with Gasteiger partial charge in [0.15, 0.2) is 0 Å². The zero-order valence-corrected chi connectivity index (χ0v) is 18.2. The molecule has 0 spiro atoms. The quantitative estimate of drug-likeness (QED) is 0.759. The second-order valence-electron chi connectivity index (χ2n) is 7.85. The molecule has 30 heavy (non-hydrogen) atoms. The van der Waals surface area contributed by atoms with E-state index >= 15 is 0 Å². The molecule has 2 aromatic carbocycles. The summed E-state index contributed by atoms with van der Waals surface area (Å²) in [6, 6.07) is 10.7. The Morgan fingerprint density at radius 1 is 1.07 bits per heavy atom. The summed E-state index contributed by atoms with van der Waals surface area (Å²) in [5, 5.41) is 3.13. The Morgan fingerprint density at radius 2 is 1.80 bits per heavy atom. The van der Waals surface area contributed by atoms with E-state index in [-0.39, 0.29) is 36.2 Å². The van der Waals surface area contributed by atoms with Gasteiger partial charge in [-0.05, 0) is 69.1 Å². The number of nitrogens with zero attached hydrogens (tertiary/aromatic N) is 2. The van der Waals surface area contributed by atoms with Gasteiger partial charge in [-0.3, -0.25) is 14.4 Å². The lowest BCUT2D eigenvalue weighted by Crippen LogP contribution is -2.40. The number of hydrogen-bond donors (Lipinski definition) is 1. The molecule has 158 valence electrons. The minimum Gasteiger partial charge on any atom is -0.334 e. The average molecular weight is 428 g/mol. The van der Waals surface area contributed by atoms with Gasteiger partial charge in [0, 0.05) is 24.7 Å². The summed E-state index contributed by atoms with van der Waals surface area (Å²) in [6.45, 7) is 5.26. The van der Waals surface area contributed by atoms with Crippen molar-refractivity contribution in [3.63, 3.8) is 0 Å². The molecule has 1 atom stereocenters. The molecule has 0 radical (unpaired) electrons. The van der Waals surface area contributed by atoms with Gasteiger partial charge >= 0.3 is 0 Å². The van der Waals surface area contributed by atoms with Gasteiger partial charge in [-0.15, -0.1) is 12.4 Å². The minimum absolute atomic E-state index is 0. The number of likely N-dealkylation sites (N-methyl/N-ethyl adjacent to an activating group) is 1. The normalized spacial score (nSPS) is 17.9. The predicted molar refractivity (Wildman–Crippen MR) is 119 cm³/mol. The molecule has 2 aliphatic rings. The van der Waals surface area contributed by atoms with Crippen molar-refractivity contribution in [1.29, 1.82) is 0 Å². The zero-order chi connectivity index (χ0) is 20.7. The fourth-order valence-corrected chi connectivity index (χ4v) is 4.27. The average Bonchev–Trinajstić information content (AvgIpc) is 3.26. The molecule has 4 rings (SSSR count). The summed E-state index contributed by atoms with van der Waals surface area (Å²) in [5.41, 5.74) is 3.52. The molecule has 1 N–H and O–H groups in total. The lowest BCUT2D eigenvalue weighted by atomic mass is 10.0. The molecule has 7 heteroatoms. The van der Waals surface area contributed by atoms with Gasteiger partial charge in [0.2, 0.25) is 0 Å². The molecular weight excluding hydrogens is 402 g/mol. The topological polar surface area (TPSA) is 69.7 Å². The van der Waals surface area contributed by atoms with E-state index in [4.69, 9.17) is 0 Å². The van der Waals surface area contributed by atoms with Gasteiger partial charge in [0.1, 0.15) is 0 Å². The molecule has 1 unspecified atom stereocenters. The van der Waals surface area contributed by atoms with E-state index in [2.05, 4.69) is 5.32 Å². The van der Waals surface area contributed by atoms with Crippen LogP contribution in [0.4, 0.5) is 5.69 Å². The van der Waals surface area contributed by atoms with Crippen molar-refractivity contribution in [2.45, 2.75) is 32.7 Å². The summed E-state index contributed by atoms with van der Waals surface area (Å²) < 4.78 is 0. The number of rotatable bonds is 4. The van der Waals surface area contributed by atoms with E-state index in [1.807, 2.05) is 44.0 Å². The monoisotopic (exact) mass is 427 g/mol. The van der Waals surface area contributed by atoms with Crippen LogP contribution in [0.15, 0.2) is 36.4 Å². The Balaban J connectivity index is 0.00000256. The number of amides is 3. The summed E-state index contributed by atoms with van der Waals surface area (Å²) in [5.74, 6) is -0.801. The van der Waals surface area contributed by atoms with Gasteiger partial charge in [0.05, 0.1) is 16.8 Å². The van der Waals surface area contributed by atoms with Gasteiger partial charge in [-0.25, -0.2) is 4.90 Å². The number of aryl methyl sites for hydroxylation is 2. The van der Waals surface area contributed by atoms with Crippen molar-refractivity contribution in [2.75, 3.05) is 25.0 Å². The maximum atomic E-state index is 13.1. The Hall–Kier alpha value is -2.70. The predicted octanol–water partition coefficient (Wildman–Crippen LogP) is 3.35. The van der Waals surface area contributed by atoms with Crippen molar-refractivity contribution >= 4 is 35.8 Å². The Morgan fingerprint density at radius 3 is 2.53 bits per heavy atom. The van der Waals surface area contributed by atoms with Crippen LogP contribution in [-0.2, 0) is 0 Å². The number of nitrogens with one attached hydrogen (secondary N) is 1. The van der Waals surface area contributed by atoms with Crippen LogP contribution in [0.5, 0.6) is 0 Å². The Kier molecular flexibility index (Phi) is 6.29. The van der Waals surface area contributed by atoms with Crippen LogP contribution in [-0.4, -0.2) is 48.8 Å². The fourth-order valence-electron chi connectivity index (χ4n) is 4.27. The summed E-state index contributed by atoms with van der Waals surface area (Å²) in [6.07, 6.45) is 1.94. The van der Waals surface area contributed by atoms with Crippen molar-refractivity contribution in [1.82, 2.24) is 10.2 Å². The van der Waals surface area contributed by atoms with Crippen molar-refractivity contribution in [3.05, 3.63) is 64.2 Å². The summed E-state index contributed by atoms with van der Waals surface area (Å²) in [7, 11) is 1.88. The van der Waals surface area contributed by atoms with E-state index in [0.717, 1.165) is 30.5 Å². The highest BCUT2D eigenvalue weighted by Crippen LogP contribution is 2.32.